The average molecular weight is 352 g/mol. The lowest BCUT2D eigenvalue weighted by Crippen LogP contribution is -2.05. The van der Waals surface area contributed by atoms with Crippen molar-refractivity contribution in [2.45, 2.75) is 13.8 Å². The van der Waals surface area contributed by atoms with E-state index in [0.29, 0.717) is 32.6 Å². The highest BCUT2D eigenvalue weighted by molar-refractivity contribution is 9.10. The Morgan fingerprint density at radius 2 is 1.95 bits per heavy atom. The molecule has 0 saturated heterocycles. The van der Waals surface area contributed by atoms with Gasteiger partial charge in [-0.05, 0) is 53.5 Å². The van der Waals surface area contributed by atoms with Crippen molar-refractivity contribution in [1.29, 1.82) is 0 Å². The van der Waals surface area contributed by atoms with Crippen molar-refractivity contribution in [2.75, 3.05) is 7.11 Å². The number of aromatic amines is 1. The molecule has 1 aromatic carbocycles. The van der Waals surface area contributed by atoms with Crippen LogP contribution in [0, 0.1) is 13.8 Å². The normalized spacial score (nSPS) is 10.5. The van der Waals surface area contributed by atoms with Crippen molar-refractivity contribution in [3.63, 3.8) is 0 Å². The van der Waals surface area contributed by atoms with Gasteiger partial charge in [0.2, 0.25) is 0 Å². The van der Waals surface area contributed by atoms with Crippen molar-refractivity contribution >= 4 is 27.7 Å². The number of aromatic carboxylic acids is 1. The van der Waals surface area contributed by atoms with Gasteiger partial charge < -0.3 is 14.8 Å². The number of carboxylic acids is 1. The number of nitrogens with one attached hydrogen (secondary N) is 1. The van der Waals surface area contributed by atoms with Gasteiger partial charge in [0, 0.05) is 16.8 Å². The molecule has 2 aromatic rings. The summed E-state index contributed by atoms with van der Waals surface area (Å²) < 4.78 is 5.79. The number of carboxylic acid groups (broad SMARTS) is 1. The zero-order valence-electron chi connectivity index (χ0n) is 11.8. The number of rotatable bonds is 4. The molecule has 0 aliphatic carbocycles. The Labute approximate surface area is 130 Å². The number of carbonyl (C=O) groups is 2. The number of aryl methyl sites for hydroxylation is 1. The summed E-state index contributed by atoms with van der Waals surface area (Å²) in [5.74, 6) is -0.678. The van der Waals surface area contributed by atoms with Crippen LogP contribution in [0.3, 0.4) is 0 Å². The topological polar surface area (TPSA) is 79.4 Å². The molecule has 0 spiro atoms. The van der Waals surface area contributed by atoms with Crippen LogP contribution in [0.25, 0.3) is 0 Å². The summed E-state index contributed by atoms with van der Waals surface area (Å²) >= 11 is 3.33. The summed E-state index contributed by atoms with van der Waals surface area (Å²) in [5, 5.41) is 9.10. The maximum absolute atomic E-state index is 12.6. The van der Waals surface area contributed by atoms with Gasteiger partial charge in [-0.2, -0.15) is 0 Å². The Morgan fingerprint density at radius 1 is 1.29 bits per heavy atom. The molecule has 1 heterocycles. The van der Waals surface area contributed by atoms with E-state index in [2.05, 4.69) is 20.9 Å². The lowest BCUT2D eigenvalue weighted by Gasteiger charge is -2.06. The molecule has 0 saturated carbocycles. The Kier molecular flexibility index (Phi) is 4.18. The van der Waals surface area contributed by atoms with E-state index in [-0.39, 0.29) is 11.5 Å². The zero-order valence-corrected chi connectivity index (χ0v) is 13.4. The summed E-state index contributed by atoms with van der Waals surface area (Å²) in [5.41, 5.74) is 1.89. The molecule has 1 aromatic heterocycles. The van der Waals surface area contributed by atoms with Gasteiger partial charge in [-0.15, -0.1) is 0 Å². The van der Waals surface area contributed by atoms with Crippen LogP contribution in [0.15, 0.2) is 22.7 Å². The molecule has 0 unspecified atom stereocenters. The van der Waals surface area contributed by atoms with E-state index in [1.807, 2.05) is 0 Å². The summed E-state index contributed by atoms with van der Waals surface area (Å²) in [6.07, 6.45) is 0. The van der Waals surface area contributed by atoms with Crippen LogP contribution < -0.4 is 4.74 Å². The Bertz CT molecular complexity index is 734. The highest BCUT2D eigenvalue weighted by Crippen LogP contribution is 2.28. The second kappa shape index (κ2) is 5.73. The van der Waals surface area contributed by atoms with E-state index in [1.54, 1.807) is 39.2 Å². The quantitative estimate of drug-likeness (QED) is 0.828. The fourth-order valence-corrected chi connectivity index (χ4v) is 2.80. The molecule has 0 atom stereocenters. The number of methoxy groups -OCH3 is 1. The first-order valence-electron chi connectivity index (χ1n) is 6.17. The summed E-state index contributed by atoms with van der Waals surface area (Å²) in [6.45, 7) is 3.31. The number of halogens is 1. The third-order valence-corrected chi connectivity index (χ3v) is 3.91. The van der Waals surface area contributed by atoms with Crippen LogP contribution in [0.2, 0.25) is 0 Å². The molecule has 5 nitrogen and oxygen atoms in total. The SMILES string of the molecule is COc1ccc(C(=O)c2c(C)[nH]c(C(=O)O)c2C)cc1Br. The van der Waals surface area contributed by atoms with Crippen molar-refractivity contribution in [3.8, 4) is 5.75 Å². The van der Waals surface area contributed by atoms with Crippen LogP contribution in [-0.4, -0.2) is 29.0 Å². The first kappa shape index (κ1) is 15.3. The van der Waals surface area contributed by atoms with Crippen molar-refractivity contribution < 1.29 is 19.4 Å². The number of ether oxygens (including phenoxy) is 1. The van der Waals surface area contributed by atoms with Gasteiger partial charge in [0.05, 0.1) is 11.6 Å². The van der Waals surface area contributed by atoms with Crippen molar-refractivity contribution in [1.82, 2.24) is 4.98 Å². The van der Waals surface area contributed by atoms with E-state index in [0.717, 1.165) is 0 Å². The number of ketones is 1. The zero-order chi connectivity index (χ0) is 15.7. The van der Waals surface area contributed by atoms with Gasteiger partial charge >= 0.3 is 5.97 Å². The monoisotopic (exact) mass is 351 g/mol. The minimum atomic E-state index is -1.08. The minimum absolute atomic E-state index is 0.0448. The van der Waals surface area contributed by atoms with E-state index >= 15 is 0 Å². The van der Waals surface area contributed by atoms with E-state index in [4.69, 9.17) is 9.84 Å². The predicted molar refractivity (Wildman–Crippen MR) is 81.4 cm³/mol. The van der Waals surface area contributed by atoms with Crippen LogP contribution in [0.5, 0.6) is 5.75 Å². The molecule has 0 radical (unpaired) electrons. The van der Waals surface area contributed by atoms with Gasteiger partial charge in [0.25, 0.3) is 0 Å². The van der Waals surface area contributed by atoms with Gasteiger partial charge in [0.1, 0.15) is 11.4 Å². The van der Waals surface area contributed by atoms with Crippen LogP contribution >= 0.6 is 15.9 Å². The highest BCUT2D eigenvalue weighted by Gasteiger charge is 2.22. The summed E-state index contributed by atoms with van der Waals surface area (Å²) in [7, 11) is 1.54. The number of carbonyl (C=O) groups excluding carboxylic acids is 1. The lowest BCUT2D eigenvalue weighted by molar-refractivity contribution is 0.0690. The summed E-state index contributed by atoms with van der Waals surface area (Å²) in [6, 6.07) is 5.00. The van der Waals surface area contributed by atoms with Crippen LogP contribution in [0.4, 0.5) is 0 Å². The molecule has 2 rings (SSSR count). The first-order valence-corrected chi connectivity index (χ1v) is 6.96. The lowest BCUT2D eigenvalue weighted by atomic mass is 9.99. The molecule has 2 N–H and O–H groups in total. The molecule has 0 aliphatic heterocycles. The largest absolute Gasteiger partial charge is 0.496 e. The third-order valence-electron chi connectivity index (χ3n) is 3.29. The molecule has 0 fully saturated rings. The molecule has 6 heteroatoms. The van der Waals surface area contributed by atoms with Crippen LogP contribution in [0.1, 0.15) is 37.7 Å². The fraction of sp³-hybridized carbons (Fsp3) is 0.200. The standard InChI is InChI=1S/C15H14BrNO4/c1-7-12(8(2)17-13(7)15(19)20)14(18)9-4-5-11(21-3)10(16)6-9/h4-6,17H,1-3H3,(H,19,20). The van der Waals surface area contributed by atoms with Gasteiger partial charge in [-0.25, -0.2) is 4.79 Å². The Balaban J connectivity index is 2.50. The molecule has 21 heavy (non-hydrogen) atoms. The summed E-state index contributed by atoms with van der Waals surface area (Å²) in [4.78, 5) is 26.5. The number of aromatic nitrogens is 1. The van der Waals surface area contributed by atoms with Gasteiger partial charge in [0.15, 0.2) is 5.78 Å². The predicted octanol–water partition coefficient (Wildman–Crippen LogP) is 3.33. The van der Waals surface area contributed by atoms with Crippen molar-refractivity contribution in [2.24, 2.45) is 0 Å². The maximum Gasteiger partial charge on any atom is 0.352 e. The Morgan fingerprint density at radius 3 is 2.43 bits per heavy atom. The van der Waals surface area contributed by atoms with Crippen molar-refractivity contribution in [3.05, 3.63) is 50.8 Å². The number of benzene rings is 1. The number of hydrogen-bond acceptors (Lipinski definition) is 3. The second-order valence-electron chi connectivity index (χ2n) is 4.61. The van der Waals surface area contributed by atoms with E-state index in [1.165, 1.54) is 0 Å². The smallest absolute Gasteiger partial charge is 0.352 e. The molecule has 0 aliphatic rings. The van der Waals surface area contributed by atoms with Gasteiger partial charge in [-0.1, -0.05) is 0 Å². The third kappa shape index (κ3) is 2.71. The average Bonchev–Trinajstić information content (AvgIpc) is 2.73. The molecule has 110 valence electrons. The highest BCUT2D eigenvalue weighted by atomic mass is 79.9. The maximum atomic E-state index is 12.6. The second-order valence-corrected chi connectivity index (χ2v) is 5.46. The number of H-pyrrole nitrogens is 1. The molecular weight excluding hydrogens is 338 g/mol. The first-order chi connectivity index (χ1) is 9.86. The van der Waals surface area contributed by atoms with E-state index < -0.39 is 5.97 Å². The molecule has 0 amide bonds. The fourth-order valence-electron chi connectivity index (χ4n) is 2.26. The Hall–Kier alpha value is -2.08. The molecular formula is C15H14BrNO4. The van der Waals surface area contributed by atoms with E-state index in [9.17, 15) is 9.59 Å². The molecule has 0 bridgehead atoms. The van der Waals surface area contributed by atoms with Gasteiger partial charge in [-0.3, -0.25) is 4.79 Å². The van der Waals surface area contributed by atoms with Crippen LogP contribution in [-0.2, 0) is 0 Å². The minimum Gasteiger partial charge on any atom is -0.496 e. The number of hydrogen-bond donors (Lipinski definition) is 2.